The summed E-state index contributed by atoms with van der Waals surface area (Å²) >= 11 is 1.82. The van der Waals surface area contributed by atoms with Crippen LogP contribution in [0.15, 0.2) is 85.1 Å². The molecule has 0 spiro atoms. The normalized spacial score (nSPS) is 11.9. The first-order valence-corrected chi connectivity index (χ1v) is 13.3. The molecule has 0 aliphatic rings. The molecule has 0 aliphatic carbocycles. The molecule has 2 nitrogen and oxygen atoms in total. The summed E-state index contributed by atoms with van der Waals surface area (Å²) in [6.07, 6.45) is 2.16. The summed E-state index contributed by atoms with van der Waals surface area (Å²) in [4.78, 5) is 0. The monoisotopic (exact) mass is 501 g/mol. The summed E-state index contributed by atoms with van der Waals surface area (Å²) in [5.41, 5.74) is 9.03. The van der Waals surface area contributed by atoms with Crippen molar-refractivity contribution in [2.45, 2.75) is 20.8 Å². The summed E-state index contributed by atoms with van der Waals surface area (Å²) in [6, 6.07) is 26.8. The molecule has 37 heavy (non-hydrogen) atoms. The first kappa shape index (κ1) is 22.2. The molecule has 4 heteroatoms. The molecule has 0 aliphatic heterocycles. The SMILES string of the molecule is Cc1cc(C)c(C)c(-c2c3sc4cc(-n5c6ccccc6c6cccc(F)c65)ccc4c3cc[n+]2C)c1. The van der Waals surface area contributed by atoms with Gasteiger partial charge < -0.3 is 4.57 Å². The highest BCUT2D eigenvalue weighted by Crippen LogP contribution is 2.41. The molecule has 0 amide bonds. The molecule has 0 saturated carbocycles. The van der Waals surface area contributed by atoms with Crippen LogP contribution in [0.3, 0.4) is 0 Å². The van der Waals surface area contributed by atoms with Gasteiger partial charge in [-0.2, -0.15) is 4.57 Å². The highest BCUT2D eigenvalue weighted by Gasteiger charge is 2.22. The third kappa shape index (κ3) is 3.19. The van der Waals surface area contributed by atoms with E-state index in [0.717, 1.165) is 22.0 Å². The van der Waals surface area contributed by atoms with Crippen LogP contribution in [-0.2, 0) is 7.05 Å². The van der Waals surface area contributed by atoms with E-state index in [1.54, 1.807) is 12.1 Å². The Bertz CT molecular complexity index is 2040. The molecule has 7 aromatic rings. The number of pyridine rings is 1. The molecule has 7 rings (SSSR count). The number of para-hydroxylation sites is 2. The smallest absolute Gasteiger partial charge is 0.230 e. The Morgan fingerprint density at radius 2 is 1.59 bits per heavy atom. The van der Waals surface area contributed by atoms with Crippen molar-refractivity contribution in [3.63, 3.8) is 0 Å². The highest BCUT2D eigenvalue weighted by molar-refractivity contribution is 7.26. The Kier molecular flexibility index (Phi) is 4.79. The second-order valence-electron chi connectivity index (χ2n) is 10.0. The van der Waals surface area contributed by atoms with Gasteiger partial charge in [-0.05, 0) is 62.2 Å². The van der Waals surface area contributed by atoms with Crippen LogP contribution in [0, 0.1) is 26.6 Å². The maximum atomic E-state index is 15.2. The number of rotatable bonds is 2. The zero-order valence-corrected chi connectivity index (χ0v) is 22.1. The van der Waals surface area contributed by atoms with E-state index in [4.69, 9.17) is 0 Å². The average molecular weight is 502 g/mol. The fraction of sp³-hybridized carbons (Fsp3) is 0.121. The molecule has 4 aromatic carbocycles. The second-order valence-corrected chi connectivity index (χ2v) is 11.1. The van der Waals surface area contributed by atoms with E-state index in [0.29, 0.717) is 5.52 Å². The van der Waals surface area contributed by atoms with Crippen molar-refractivity contribution in [1.29, 1.82) is 0 Å². The standard InChI is InChI=1S/C33H26FN2S/c1-19-16-20(2)21(3)27(17-19)32-33-26(14-15-35(32)4)24-13-12-22(18-30(24)37-33)36-29-11-6-5-8-23(29)25-9-7-10-28(34)31(25)36/h5-18H,1-4H3/q+1. The molecular formula is C33H26FN2S+. The predicted molar refractivity (Wildman–Crippen MR) is 154 cm³/mol. The van der Waals surface area contributed by atoms with Crippen molar-refractivity contribution in [3.8, 4) is 16.9 Å². The van der Waals surface area contributed by atoms with E-state index in [-0.39, 0.29) is 5.82 Å². The van der Waals surface area contributed by atoms with E-state index >= 15 is 4.39 Å². The van der Waals surface area contributed by atoms with Crippen molar-refractivity contribution in [2.24, 2.45) is 7.05 Å². The van der Waals surface area contributed by atoms with Gasteiger partial charge in [0.05, 0.1) is 16.6 Å². The fourth-order valence-electron chi connectivity index (χ4n) is 5.85. The third-order valence-electron chi connectivity index (χ3n) is 7.72. The van der Waals surface area contributed by atoms with Crippen LogP contribution in [0.25, 0.3) is 58.9 Å². The minimum Gasteiger partial charge on any atom is -0.306 e. The van der Waals surface area contributed by atoms with E-state index in [9.17, 15) is 0 Å². The van der Waals surface area contributed by atoms with Gasteiger partial charge in [0.25, 0.3) is 0 Å². The molecule has 0 bridgehead atoms. The van der Waals surface area contributed by atoms with Crippen LogP contribution in [0.1, 0.15) is 16.7 Å². The van der Waals surface area contributed by atoms with Crippen LogP contribution in [0.5, 0.6) is 0 Å². The number of halogens is 1. The molecule has 180 valence electrons. The molecule has 0 fully saturated rings. The van der Waals surface area contributed by atoms with Gasteiger partial charge in [0.1, 0.15) is 17.6 Å². The Labute approximate surface area is 218 Å². The molecule has 3 heterocycles. The lowest BCUT2D eigenvalue weighted by Crippen LogP contribution is -2.30. The van der Waals surface area contributed by atoms with Gasteiger partial charge in [0, 0.05) is 38.0 Å². The number of fused-ring (bicyclic) bond motifs is 6. The van der Waals surface area contributed by atoms with Gasteiger partial charge in [-0.25, -0.2) is 4.39 Å². The topological polar surface area (TPSA) is 8.81 Å². The van der Waals surface area contributed by atoms with Crippen LogP contribution in [0.4, 0.5) is 4.39 Å². The van der Waals surface area contributed by atoms with Gasteiger partial charge in [-0.15, -0.1) is 11.3 Å². The van der Waals surface area contributed by atoms with Crippen molar-refractivity contribution >= 4 is 53.3 Å². The number of hydrogen-bond acceptors (Lipinski definition) is 1. The predicted octanol–water partition coefficient (Wildman–Crippen LogP) is 8.71. The quantitative estimate of drug-likeness (QED) is 0.210. The Balaban J connectivity index is 1.54. The first-order chi connectivity index (χ1) is 17.9. The van der Waals surface area contributed by atoms with E-state index in [1.807, 2.05) is 29.5 Å². The van der Waals surface area contributed by atoms with Crippen molar-refractivity contribution in [3.05, 3.63) is 108 Å². The molecule has 0 atom stereocenters. The minimum atomic E-state index is -0.204. The number of hydrogen-bond donors (Lipinski definition) is 0. The number of aryl methyl sites for hydroxylation is 3. The van der Waals surface area contributed by atoms with Gasteiger partial charge in [0.2, 0.25) is 5.69 Å². The van der Waals surface area contributed by atoms with Crippen LogP contribution >= 0.6 is 11.3 Å². The van der Waals surface area contributed by atoms with Gasteiger partial charge in [-0.1, -0.05) is 48.0 Å². The Hall–Kier alpha value is -4.02. The fourth-order valence-corrected chi connectivity index (χ4v) is 7.18. The third-order valence-corrected chi connectivity index (χ3v) is 8.89. The summed E-state index contributed by atoms with van der Waals surface area (Å²) in [7, 11) is 2.13. The molecule has 0 unspecified atom stereocenters. The molecule has 0 N–H and O–H groups in total. The molecule has 0 saturated heterocycles. The highest BCUT2D eigenvalue weighted by atomic mass is 32.1. The largest absolute Gasteiger partial charge is 0.306 e. The minimum absolute atomic E-state index is 0.204. The number of thiophene rings is 1. The lowest BCUT2D eigenvalue weighted by atomic mass is 9.96. The number of aromatic nitrogens is 2. The maximum absolute atomic E-state index is 15.2. The second kappa shape index (κ2) is 7.99. The number of benzene rings is 4. The summed E-state index contributed by atoms with van der Waals surface area (Å²) in [5, 5.41) is 4.49. The molecule has 3 aromatic heterocycles. The van der Waals surface area contributed by atoms with Crippen LogP contribution < -0.4 is 4.57 Å². The van der Waals surface area contributed by atoms with Crippen molar-refractivity contribution < 1.29 is 8.96 Å². The summed E-state index contributed by atoms with van der Waals surface area (Å²) < 4.78 is 22.0. The first-order valence-electron chi connectivity index (χ1n) is 12.5. The van der Waals surface area contributed by atoms with E-state index < -0.39 is 0 Å². The van der Waals surface area contributed by atoms with E-state index in [1.165, 1.54) is 48.1 Å². The van der Waals surface area contributed by atoms with Gasteiger partial charge >= 0.3 is 0 Å². The van der Waals surface area contributed by atoms with Crippen molar-refractivity contribution in [1.82, 2.24) is 4.57 Å². The molecule has 0 radical (unpaired) electrons. The average Bonchev–Trinajstić information content (AvgIpc) is 3.42. The van der Waals surface area contributed by atoms with Crippen LogP contribution in [0.2, 0.25) is 0 Å². The zero-order chi connectivity index (χ0) is 25.4. The van der Waals surface area contributed by atoms with E-state index in [2.05, 4.69) is 91.7 Å². The Morgan fingerprint density at radius 3 is 2.46 bits per heavy atom. The van der Waals surface area contributed by atoms with Gasteiger partial charge in [-0.3, -0.25) is 0 Å². The summed E-state index contributed by atoms with van der Waals surface area (Å²) in [6.45, 7) is 6.57. The zero-order valence-electron chi connectivity index (χ0n) is 21.3. The lowest BCUT2D eigenvalue weighted by molar-refractivity contribution is -0.659. The van der Waals surface area contributed by atoms with Gasteiger partial charge in [0.15, 0.2) is 6.20 Å². The molecular weight excluding hydrogens is 475 g/mol. The summed E-state index contributed by atoms with van der Waals surface area (Å²) in [5.74, 6) is -0.204. The maximum Gasteiger partial charge on any atom is 0.230 e. The number of nitrogens with zero attached hydrogens (tertiary/aromatic N) is 2. The van der Waals surface area contributed by atoms with Crippen molar-refractivity contribution in [2.75, 3.05) is 0 Å². The Morgan fingerprint density at radius 1 is 0.784 bits per heavy atom. The van der Waals surface area contributed by atoms with Crippen LogP contribution in [-0.4, -0.2) is 4.57 Å². The lowest BCUT2D eigenvalue weighted by Gasteiger charge is -2.10.